The van der Waals surface area contributed by atoms with Gasteiger partial charge in [0.2, 0.25) is 0 Å². The standard InChI is InChI=1S/C50H49N4S.Pt/c1-48(2,3)36-21-22-51-47(30-36)54-45-18-14-13-17-43(45)44-20-19-41(32-46(44)54)55-42-26-35(34-15-11-10-12-16-34)25-39(31-42)52-23-24-53(33-52)40-28-37(49(4,5)6)27-38(29-40)50(7,8)9;/h10-30,33H,1-9H3;/q-3;. The Kier molecular flexibility index (Phi) is 10.7. The minimum atomic E-state index is 0. The molecule has 0 bridgehead atoms. The summed E-state index contributed by atoms with van der Waals surface area (Å²) in [5.41, 5.74) is 10.6. The van der Waals surface area contributed by atoms with E-state index >= 15 is 0 Å². The largest absolute Gasteiger partial charge is 0.500 e. The van der Waals surface area contributed by atoms with Crippen LogP contribution >= 0.6 is 11.8 Å². The maximum absolute atomic E-state index is 4.88. The number of anilines is 2. The van der Waals surface area contributed by atoms with Crippen molar-refractivity contribution < 1.29 is 21.1 Å². The summed E-state index contributed by atoms with van der Waals surface area (Å²) in [6.45, 7) is 22.6. The second kappa shape index (κ2) is 15.1. The molecule has 0 aliphatic carbocycles. The van der Waals surface area contributed by atoms with Crippen molar-refractivity contribution in [1.29, 1.82) is 0 Å². The summed E-state index contributed by atoms with van der Waals surface area (Å²) in [5, 5.41) is 2.35. The molecule has 8 rings (SSSR count). The summed E-state index contributed by atoms with van der Waals surface area (Å²) in [6.07, 6.45) is 6.20. The van der Waals surface area contributed by atoms with E-state index in [1.165, 1.54) is 22.1 Å². The van der Waals surface area contributed by atoms with Gasteiger partial charge in [-0.3, -0.25) is 0 Å². The number of hydrogen-bond acceptors (Lipinski definition) is 4. The Balaban J connectivity index is 0.00000480. The minimum Gasteiger partial charge on any atom is -0.500 e. The molecule has 7 aromatic rings. The van der Waals surface area contributed by atoms with Crippen LogP contribution in [0, 0.1) is 18.8 Å². The molecule has 4 nitrogen and oxygen atoms in total. The molecular weight excluding hydrogens is 884 g/mol. The van der Waals surface area contributed by atoms with Crippen LogP contribution in [0.2, 0.25) is 0 Å². The van der Waals surface area contributed by atoms with Gasteiger partial charge in [0.05, 0.1) is 0 Å². The number of fused-ring (bicyclic) bond motifs is 3. The third-order valence-corrected chi connectivity index (χ3v) is 11.3. The van der Waals surface area contributed by atoms with E-state index in [9.17, 15) is 0 Å². The quantitative estimate of drug-likeness (QED) is 0.155. The molecule has 0 unspecified atom stereocenters. The molecule has 3 heterocycles. The average molecular weight is 933 g/mol. The summed E-state index contributed by atoms with van der Waals surface area (Å²) in [7, 11) is 0. The number of benzene rings is 5. The molecule has 6 heteroatoms. The molecule has 1 aliphatic heterocycles. The van der Waals surface area contributed by atoms with E-state index in [2.05, 4.69) is 217 Å². The van der Waals surface area contributed by atoms with Gasteiger partial charge in [-0.25, -0.2) is 4.98 Å². The zero-order valence-electron chi connectivity index (χ0n) is 33.7. The summed E-state index contributed by atoms with van der Waals surface area (Å²) in [4.78, 5) is 11.3. The molecule has 0 radical (unpaired) electrons. The Morgan fingerprint density at radius 3 is 1.93 bits per heavy atom. The normalized spacial score (nSPS) is 13.5. The molecule has 0 spiro atoms. The number of nitrogens with zero attached hydrogens (tertiary/aromatic N) is 4. The van der Waals surface area contributed by atoms with Gasteiger partial charge in [0.25, 0.3) is 0 Å². The summed E-state index contributed by atoms with van der Waals surface area (Å²) in [6, 6.07) is 47.0. The molecule has 0 atom stereocenters. The summed E-state index contributed by atoms with van der Waals surface area (Å²) in [5.74, 6) is 0.903. The monoisotopic (exact) mass is 932 g/mol. The number of para-hydroxylation sites is 1. The first-order chi connectivity index (χ1) is 26.1. The molecule has 288 valence electrons. The van der Waals surface area contributed by atoms with E-state index in [0.717, 1.165) is 54.5 Å². The molecule has 5 aromatic carbocycles. The van der Waals surface area contributed by atoms with Crippen molar-refractivity contribution in [2.24, 2.45) is 0 Å². The van der Waals surface area contributed by atoms with Crippen molar-refractivity contribution >= 4 is 44.9 Å². The topological polar surface area (TPSA) is 24.3 Å². The summed E-state index contributed by atoms with van der Waals surface area (Å²) >= 11 is 1.69. The van der Waals surface area contributed by atoms with Gasteiger partial charge in [-0.05, 0) is 86.6 Å². The van der Waals surface area contributed by atoms with Crippen LogP contribution in [0.5, 0.6) is 0 Å². The second-order valence-electron chi connectivity index (χ2n) is 17.7. The van der Waals surface area contributed by atoms with Crippen molar-refractivity contribution in [3.05, 3.63) is 163 Å². The number of rotatable bonds is 6. The van der Waals surface area contributed by atoms with Crippen LogP contribution in [-0.2, 0) is 37.3 Å². The van der Waals surface area contributed by atoms with Gasteiger partial charge in [0.15, 0.2) is 0 Å². The predicted octanol–water partition coefficient (Wildman–Crippen LogP) is 13.4. The van der Waals surface area contributed by atoms with Crippen molar-refractivity contribution in [3.8, 4) is 16.9 Å². The van der Waals surface area contributed by atoms with Crippen LogP contribution in [0.15, 0.2) is 138 Å². The van der Waals surface area contributed by atoms with E-state index in [0.29, 0.717) is 0 Å². The Labute approximate surface area is 351 Å². The van der Waals surface area contributed by atoms with E-state index in [4.69, 9.17) is 4.98 Å². The van der Waals surface area contributed by atoms with Gasteiger partial charge in [-0.2, -0.15) is 12.1 Å². The number of pyridine rings is 1. The van der Waals surface area contributed by atoms with Gasteiger partial charge < -0.3 is 14.4 Å². The molecule has 2 aromatic heterocycles. The molecule has 0 saturated heterocycles. The molecule has 0 amide bonds. The molecule has 0 N–H and O–H groups in total. The maximum Gasteiger partial charge on any atom is 0.135 e. The molecule has 56 heavy (non-hydrogen) atoms. The van der Waals surface area contributed by atoms with Gasteiger partial charge in [-0.15, -0.1) is 69.1 Å². The van der Waals surface area contributed by atoms with E-state index in [-0.39, 0.29) is 37.3 Å². The van der Waals surface area contributed by atoms with Crippen LogP contribution in [0.25, 0.3) is 38.8 Å². The van der Waals surface area contributed by atoms with Gasteiger partial charge in [0.1, 0.15) is 5.82 Å². The van der Waals surface area contributed by atoms with Crippen molar-refractivity contribution in [1.82, 2.24) is 9.55 Å². The third kappa shape index (κ3) is 7.99. The smallest absolute Gasteiger partial charge is 0.135 e. The van der Waals surface area contributed by atoms with Crippen molar-refractivity contribution in [3.63, 3.8) is 0 Å². The van der Waals surface area contributed by atoms with Crippen molar-refractivity contribution in [2.75, 3.05) is 9.80 Å². The fourth-order valence-corrected chi connectivity index (χ4v) is 7.96. The van der Waals surface area contributed by atoms with Crippen LogP contribution in [0.1, 0.15) is 79.0 Å². The Morgan fingerprint density at radius 1 is 0.571 bits per heavy atom. The Hall–Kier alpha value is -4.57. The second-order valence-corrected chi connectivity index (χ2v) is 18.8. The zero-order valence-corrected chi connectivity index (χ0v) is 36.8. The molecule has 0 saturated carbocycles. The maximum atomic E-state index is 4.88. The Bertz CT molecular complexity index is 2530. The number of hydrogen-bond donors (Lipinski definition) is 0. The van der Waals surface area contributed by atoms with E-state index in [1.807, 2.05) is 6.20 Å². The van der Waals surface area contributed by atoms with Crippen LogP contribution in [0.3, 0.4) is 0 Å². The summed E-state index contributed by atoms with van der Waals surface area (Å²) < 4.78 is 2.26. The molecule has 1 aliphatic rings. The molecular formula is C50H49N4PtS-3. The SMILES string of the molecule is CC(C)(C)c1cc(N2C=CN(c3[c-]c(Sc4[c-]c5c(cc4)c4ccccc4n5-c4cc(C(C)(C)C)ccn4)cc(-c4ccccc4)c3)[CH-]2)cc(C(C)(C)C)c1.[Pt]. The molecule has 0 fully saturated rings. The first kappa shape index (κ1) is 39.7. The van der Waals surface area contributed by atoms with E-state index in [1.54, 1.807) is 11.8 Å². The number of aromatic nitrogens is 2. The zero-order chi connectivity index (χ0) is 38.7. The first-order valence-electron chi connectivity index (χ1n) is 19.1. The van der Waals surface area contributed by atoms with Gasteiger partial charge in [0, 0.05) is 38.5 Å². The van der Waals surface area contributed by atoms with Crippen LogP contribution in [0.4, 0.5) is 11.4 Å². The van der Waals surface area contributed by atoms with Crippen molar-refractivity contribution in [2.45, 2.75) is 88.3 Å². The fraction of sp³-hybridized carbons (Fsp3) is 0.240. The minimum absolute atomic E-state index is 0. The van der Waals surface area contributed by atoms with Crippen LogP contribution < -0.4 is 9.80 Å². The van der Waals surface area contributed by atoms with Gasteiger partial charge in [-0.1, -0.05) is 122 Å². The van der Waals surface area contributed by atoms with Crippen LogP contribution in [-0.4, -0.2) is 9.55 Å². The first-order valence-corrected chi connectivity index (χ1v) is 19.9. The third-order valence-electron chi connectivity index (χ3n) is 10.4. The van der Waals surface area contributed by atoms with Gasteiger partial charge >= 0.3 is 0 Å². The average Bonchev–Trinajstić information content (AvgIpc) is 3.78. The Morgan fingerprint density at radius 2 is 1.23 bits per heavy atom. The fourth-order valence-electron chi connectivity index (χ4n) is 7.09. The van der Waals surface area contributed by atoms with E-state index < -0.39 is 0 Å². The predicted molar refractivity (Wildman–Crippen MR) is 233 cm³/mol.